The van der Waals surface area contributed by atoms with Crippen LogP contribution in [0.2, 0.25) is 0 Å². The molecule has 0 saturated heterocycles. The molecule has 27 heavy (non-hydrogen) atoms. The Morgan fingerprint density at radius 1 is 1.07 bits per heavy atom. The molecule has 0 fully saturated rings. The van der Waals surface area contributed by atoms with E-state index in [9.17, 15) is 10.2 Å². The van der Waals surface area contributed by atoms with Crippen LogP contribution in [0.5, 0.6) is 11.5 Å². The van der Waals surface area contributed by atoms with Crippen molar-refractivity contribution in [3.63, 3.8) is 0 Å². The quantitative estimate of drug-likeness (QED) is 0.437. The molecule has 0 bridgehead atoms. The van der Waals surface area contributed by atoms with Crippen LogP contribution in [0.1, 0.15) is 70.3 Å². The van der Waals surface area contributed by atoms with E-state index in [0.717, 1.165) is 24.8 Å². The van der Waals surface area contributed by atoms with Crippen LogP contribution in [0.3, 0.4) is 0 Å². The summed E-state index contributed by atoms with van der Waals surface area (Å²) in [5.41, 5.74) is 1.44. The van der Waals surface area contributed by atoms with E-state index >= 15 is 0 Å². The molecule has 1 unspecified atom stereocenters. The molecule has 152 valence electrons. The first-order chi connectivity index (χ1) is 13.2. The molecule has 3 N–H and O–H groups in total. The molecule has 1 aliphatic rings. The van der Waals surface area contributed by atoms with Gasteiger partial charge in [-0.25, -0.2) is 0 Å². The number of aliphatic hydroxyl groups is 3. The third kappa shape index (κ3) is 6.74. The maximum atomic E-state index is 10.7. The number of benzene rings is 1. The number of hydrogen-bond donors (Lipinski definition) is 3. The van der Waals surface area contributed by atoms with Crippen LogP contribution in [0.25, 0.3) is 5.76 Å². The Morgan fingerprint density at radius 3 is 2.48 bits per heavy atom. The molecule has 0 saturated carbocycles. The predicted molar refractivity (Wildman–Crippen MR) is 107 cm³/mol. The van der Waals surface area contributed by atoms with E-state index in [4.69, 9.17) is 14.6 Å². The van der Waals surface area contributed by atoms with E-state index in [1.54, 1.807) is 18.2 Å². The highest BCUT2D eigenvalue weighted by molar-refractivity contribution is 5.74. The molecule has 1 aromatic rings. The second kappa shape index (κ2) is 11.9. The SMILES string of the molecule is CCCCCCCCCCC1=C(O)c2c(cccc2OCC(O)CO)OC1. The van der Waals surface area contributed by atoms with Gasteiger partial charge in [0.1, 0.15) is 42.1 Å². The third-order valence-electron chi connectivity index (χ3n) is 4.94. The summed E-state index contributed by atoms with van der Waals surface area (Å²) in [4.78, 5) is 0. The topological polar surface area (TPSA) is 79.2 Å². The highest BCUT2D eigenvalue weighted by Gasteiger charge is 2.23. The lowest BCUT2D eigenvalue weighted by Crippen LogP contribution is -2.22. The van der Waals surface area contributed by atoms with E-state index in [0.29, 0.717) is 23.7 Å². The van der Waals surface area contributed by atoms with Gasteiger partial charge in [-0.3, -0.25) is 0 Å². The standard InChI is InChI=1S/C22H34O5/c1-2-3-4-5-6-7-8-9-11-17-15-26-19-12-10-13-20(21(19)22(17)25)27-16-18(24)14-23/h10,12-13,18,23-25H,2-9,11,14-16H2,1H3. The minimum absolute atomic E-state index is 0.0341. The fraction of sp³-hybridized carbons (Fsp3) is 0.636. The van der Waals surface area contributed by atoms with E-state index in [-0.39, 0.29) is 19.0 Å². The molecular weight excluding hydrogens is 344 g/mol. The van der Waals surface area contributed by atoms with Crippen molar-refractivity contribution in [2.24, 2.45) is 0 Å². The van der Waals surface area contributed by atoms with Crippen molar-refractivity contribution < 1.29 is 24.8 Å². The van der Waals surface area contributed by atoms with E-state index < -0.39 is 6.10 Å². The van der Waals surface area contributed by atoms with Gasteiger partial charge in [0.2, 0.25) is 0 Å². The normalized spacial score (nSPS) is 14.6. The molecule has 0 aliphatic carbocycles. The zero-order valence-electron chi connectivity index (χ0n) is 16.5. The Kier molecular flexibility index (Phi) is 9.50. The number of ether oxygens (including phenoxy) is 2. The minimum Gasteiger partial charge on any atom is -0.507 e. The smallest absolute Gasteiger partial charge is 0.134 e. The van der Waals surface area contributed by atoms with E-state index in [1.807, 2.05) is 0 Å². The molecule has 1 heterocycles. The van der Waals surface area contributed by atoms with Crippen LogP contribution >= 0.6 is 0 Å². The summed E-state index contributed by atoms with van der Waals surface area (Å²) in [5, 5.41) is 29.2. The number of aliphatic hydroxyl groups excluding tert-OH is 3. The van der Waals surface area contributed by atoms with Gasteiger partial charge in [0, 0.05) is 5.57 Å². The van der Waals surface area contributed by atoms with Gasteiger partial charge in [-0.05, 0) is 25.0 Å². The average Bonchev–Trinajstić information content (AvgIpc) is 2.69. The number of hydrogen-bond acceptors (Lipinski definition) is 5. The molecule has 5 heteroatoms. The lowest BCUT2D eigenvalue weighted by molar-refractivity contribution is 0.0533. The zero-order chi connectivity index (χ0) is 19.5. The molecule has 0 spiro atoms. The van der Waals surface area contributed by atoms with Crippen LogP contribution < -0.4 is 9.47 Å². The highest BCUT2D eigenvalue weighted by atomic mass is 16.5. The Bertz CT molecular complexity index is 596. The van der Waals surface area contributed by atoms with E-state index in [2.05, 4.69) is 6.92 Å². The maximum Gasteiger partial charge on any atom is 0.134 e. The Morgan fingerprint density at radius 2 is 1.78 bits per heavy atom. The molecule has 2 rings (SSSR count). The van der Waals surface area contributed by atoms with Gasteiger partial charge in [0.15, 0.2) is 0 Å². The number of unbranched alkanes of at least 4 members (excludes halogenated alkanes) is 7. The zero-order valence-corrected chi connectivity index (χ0v) is 16.5. The molecule has 1 atom stereocenters. The van der Waals surface area contributed by atoms with Crippen molar-refractivity contribution in [1.29, 1.82) is 0 Å². The van der Waals surface area contributed by atoms with Gasteiger partial charge in [0.05, 0.1) is 6.61 Å². The van der Waals surface area contributed by atoms with Crippen molar-refractivity contribution in [3.8, 4) is 11.5 Å². The Hall–Kier alpha value is -1.72. The minimum atomic E-state index is -0.951. The second-order valence-corrected chi connectivity index (χ2v) is 7.24. The van der Waals surface area contributed by atoms with Gasteiger partial charge in [-0.2, -0.15) is 0 Å². The molecule has 0 aromatic heterocycles. The van der Waals surface area contributed by atoms with Crippen molar-refractivity contribution in [1.82, 2.24) is 0 Å². The van der Waals surface area contributed by atoms with Crippen LogP contribution in [-0.4, -0.2) is 41.2 Å². The van der Waals surface area contributed by atoms with Crippen molar-refractivity contribution >= 4 is 5.76 Å². The second-order valence-electron chi connectivity index (χ2n) is 7.24. The summed E-state index contributed by atoms with van der Waals surface area (Å²) in [5.74, 6) is 1.28. The Balaban J connectivity index is 1.89. The van der Waals surface area contributed by atoms with Crippen LogP contribution in [0, 0.1) is 0 Å². The lowest BCUT2D eigenvalue weighted by Gasteiger charge is -2.23. The highest BCUT2D eigenvalue weighted by Crippen LogP contribution is 2.39. The van der Waals surface area contributed by atoms with Crippen molar-refractivity contribution in [2.75, 3.05) is 19.8 Å². The molecule has 1 aromatic carbocycles. The fourth-order valence-corrected chi connectivity index (χ4v) is 3.30. The monoisotopic (exact) mass is 378 g/mol. The van der Waals surface area contributed by atoms with Gasteiger partial charge < -0.3 is 24.8 Å². The van der Waals surface area contributed by atoms with Gasteiger partial charge >= 0.3 is 0 Å². The van der Waals surface area contributed by atoms with Crippen molar-refractivity contribution in [2.45, 2.75) is 70.8 Å². The average molecular weight is 379 g/mol. The summed E-state index contributed by atoms with van der Waals surface area (Å²) in [6.45, 7) is 2.23. The number of rotatable bonds is 13. The molecule has 0 radical (unpaired) electrons. The first-order valence-electron chi connectivity index (χ1n) is 10.3. The maximum absolute atomic E-state index is 10.7. The fourth-order valence-electron chi connectivity index (χ4n) is 3.30. The van der Waals surface area contributed by atoms with Gasteiger partial charge in [-0.15, -0.1) is 0 Å². The molecule has 0 amide bonds. The summed E-state index contributed by atoms with van der Waals surface area (Å²) >= 11 is 0. The lowest BCUT2D eigenvalue weighted by atomic mass is 9.99. The predicted octanol–water partition coefficient (Wildman–Crippen LogP) is 4.61. The van der Waals surface area contributed by atoms with Gasteiger partial charge in [-0.1, -0.05) is 57.9 Å². The largest absolute Gasteiger partial charge is 0.507 e. The molecule has 1 aliphatic heterocycles. The summed E-state index contributed by atoms with van der Waals surface area (Å²) < 4.78 is 11.4. The van der Waals surface area contributed by atoms with Crippen LogP contribution in [0.15, 0.2) is 23.8 Å². The summed E-state index contributed by atoms with van der Waals surface area (Å²) in [6, 6.07) is 5.33. The van der Waals surface area contributed by atoms with Gasteiger partial charge in [0.25, 0.3) is 0 Å². The molecule has 5 nitrogen and oxygen atoms in total. The van der Waals surface area contributed by atoms with Crippen molar-refractivity contribution in [3.05, 3.63) is 29.3 Å². The molecular formula is C22H34O5. The number of fused-ring (bicyclic) bond motifs is 1. The first kappa shape index (κ1) is 21.6. The third-order valence-corrected chi connectivity index (χ3v) is 4.94. The van der Waals surface area contributed by atoms with E-state index in [1.165, 1.54) is 38.5 Å². The summed E-state index contributed by atoms with van der Waals surface area (Å²) in [7, 11) is 0. The van der Waals surface area contributed by atoms with Crippen LogP contribution in [-0.2, 0) is 0 Å². The summed E-state index contributed by atoms with van der Waals surface area (Å²) in [6.07, 6.45) is 9.85. The first-order valence-corrected chi connectivity index (χ1v) is 10.3. The van der Waals surface area contributed by atoms with Crippen LogP contribution in [0.4, 0.5) is 0 Å². The Labute approximate surface area is 162 Å².